The molecule has 29 heavy (non-hydrogen) atoms. The van der Waals surface area contributed by atoms with Gasteiger partial charge in [-0.1, -0.05) is 18.2 Å². The maximum Gasteiger partial charge on any atom is 0.252 e. The number of nitrogens with one attached hydrogen (secondary N) is 2. The van der Waals surface area contributed by atoms with Gasteiger partial charge in [-0.05, 0) is 24.3 Å². The normalized spacial score (nSPS) is 13.9. The number of rotatable bonds is 5. The zero-order valence-corrected chi connectivity index (χ0v) is 16.8. The van der Waals surface area contributed by atoms with Gasteiger partial charge in [0.1, 0.15) is 17.6 Å². The molecule has 1 unspecified atom stereocenters. The summed E-state index contributed by atoms with van der Waals surface area (Å²) in [5, 5.41) is 5.88. The molecule has 2 N–H and O–H groups in total. The van der Waals surface area contributed by atoms with E-state index in [1.165, 1.54) is 11.8 Å². The highest BCUT2D eigenvalue weighted by atomic mass is 32.2. The maximum atomic E-state index is 13.1. The van der Waals surface area contributed by atoms with Crippen LogP contribution in [0.5, 0.6) is 5.75 Å². The number of hydrogen-bond acceptors (Lipinski definition) is 5. The topological polar surface area (TPSA) is 85.2 Å². The number of fused-ring (bicyclic) bond motifs is 1. The third-order valence-electron chi connectivity index (χ3n) is 4.72. The molecule has 2 aromatic carbocycles. The number of carbonyl (C=O) groups is 2. The quantitative estimate of drug-likeness (QED) is 0.678. The van der Waals surface area contributed by atoms with Gasteiger partial charge < -0.3 is 19.9 Å². The van der Waals surface area contributed by atoms with Crippen molar-refractivity contribution in [1.82, 2.24) is 14.9 Å². The van der Waals surface area contributed by atoms with Gasteiger partial charge in [0.05, 0.1) is 18.6 Å². The zero-order valence-electron chi connectivity index (χ0n) is 16.0. The van der Waals surface area contributed by atoms with Gasteiger partial charge in [-0.3, -0.25) is 9.59 Å². The van der Waals surface area contributed by atoms with Crippen molar-refractivity contribution in [2.75, 3.05) is 18.2 Å². The monoisotopic (exact) mass is 408 g/mol. The van der Waals surface area contributed by atoms with Crippen LogP contribution in [0, 0.1) is 0 Å². The third-order valence-corrected chi connectivity index (χ3v) is 5.79. The average molecular weight is 408 g/mol. The molecule has 8 heteroatoms. The van der Waals surface area contributed by atoms with Crippen LogP contribution < -0.4 is 15.4 Å². The van der Waals surface area contributed by atoms with E-state index in [4.69, 9.17) is 4.74 Å². The fourth-order valence-corrected chi connectivity index (χ4v) is 4.07. The number of anilines is 1. The van der Waals surface area contributed by atoms with E-state index in [2.05, 4.69) is 15.6 Å². The van der Waals surface area contributed by atoms with Gasteiger partial charge in [-0.2, -0.15) is 0 Å². The molecule has 0 saturated heterocycles. The maximum absolute atomic E-state index is 13.1. The Morgan fingerprint density at radius 2 is 2.14 bits per heavy atom. The highest BCUT2D eigenvalue weighted by molar-refractivity contribution is 8.00. The molecule has 0 aliphatic carbocycles. The van der Waals surface area contributed by atoms with E-state index in [9.17, 15) is 9.59 Å². The van der Waals surface area contributed by atoms with E-state index in [1.54, 1.807) is 25.4 Å². The van der Waals surface area contributed by atoms with E-state index in [0.717, 1.165) is 10.5 Å². The Hall–Kier alpha value is -3.26. The number of imidazole rings is 1. The number of benzene rings is 2. The van der Waals surface area contributed by atoms with Crippen LogP contribution in [-0.2, 0) is 11.8 Å². The second-order valence-electron chi connectivity index (χ2n) is 6.59. The van der Waals surface area contributed by atoms with Crippen molar-refractivity contribution in [1.29, 1.82) is 0 Å². The van der Waals surface area contributed by atoms with Crippen molar-refractivity contribution in [3.63, 3.8) is 0 Å². The van der Waals surface area contributed by atoms with Gasteiger partial charge in [-0.15, -0.1) is 11.8 Å². The van der Waals surface area contributed by atoms with Crippen molar-refractivity contribution in [2.24, 2.45) is 7.05 Å². The minimum atomic E-state index is -0.501. The molecule has 0 spiro atoms. The lowest BCUT2D eigenvalue weighted by Crippen LogP contribution is -2.31. The Balaban J connectivity index is 1.68. The second-order valence-corrected chi connectivity index (χ2v) is 7.61. The molecule has 1 atom stereocenters. The molecular weight excluding hydrogens is 388 g/mol. The first-order valence-electron chi connectivity index (χ1n) is 9.04. The Morgan fingerprint density at radius 1 is 1.31 bits per heavy atom. The summed E-state index contributed by atoms with van der Waals surface area (Å²) < 4.78 is 7.36. The minimum Gasteiger partial charge on any atom is -0.496 e. The molecule has 0 radical (unpaired) electrons. The SMILES string of the molecule is COc1ccccc1C(NC(=O)c1ccc2c(c1)NC(=O)CS2)c1nccn1C. The standard InChI is InChI=1S/C21H20N4O3S/c1-25-10-9-22-20(25)19(14-5-3-4-6-16(14)28-2)24-21(27)13-7-8-17-15(11-13)23-18(26)12-29-17/h3-11,19H,12H2,1-2H3,(H,23,26)(H,24,27). The van der Waals surface area contributed by atoms with E-state index in [-0.39, 0.29) is 11.8 Å². The first-order chi connectivity index (χ1) is 14.1. The van der Waals surface area contributed by atoms with Crippen LogP contribution in [0.3, 0.4) is 0 Å². The molecule has 3 aromatic rings. The number of methoxy groups -OCH3 is 1. The number of hydrogen-bond donors (Lipinski definition) is 2. The van der Waals surface area contributed by atoms with Gasteiger partial charge in [-0.25, -0.2) is 4.98 Å². The van der Waals surface area contributed by atoms with Crippen LogP contribution in [0.2, 0.25) is 0 Å². The molecule has 7 nitrogen and oxygen atoms in total. The van der Waals surface area contributed by atoms with Gasteiger partial charge in [0.2, 0.25) is 5.91 Å². The van der Waals surface area contributed by atoms with Gasteiger partial charge in [0.15, 0.2) is 0 Å². The Morgan fingerprint density at radius 3 is 2.90 bits per heavy atom. The summed E-state index contributed by atoms with van der Waals surface area (Å²) in [7, 11) is 3.47. The zero-order chi connectivity index (χ0) is 20.4. The Labute approximate surface area is 172 Å². The smallest absolute Gasteiger partial charge is 0.252 e. The van der Waals surface area contributed by atoms with Crippen molar-refractivity contribution in [3.8, 4) is 5.75 Å². The lowest BCUT2D eigenvalue weighted by molar-refractivity contribution is -0.113. The van der Waals surface area contributed by atoms with Gasteiger partial charge >= 0.3 is 0 Å². The Bertz CT molecular complexity index is 1080. The molecule has 1 aromatic heterocycles. The van der Waals surface area contributed by atoms with E-state index in [1.807, 2.05) is 48.1 Å². The number of aromatic nitrogens is 2. The highest BCUT2D eigenvalue weighted by Crippen LogP contribution is 2.33. The summed E-state index contributed by atoms with van der Waals surface area (Å²) in [6.07, 6.45) is 3.52. The third kappa shape index (κ3) is 3.84. The molecule has 4 rings (SSSR count). The number of carbonyl (C=O) groups excluding carboxylic acids is 2. The molecule has 0 bridgehead atoms. The number of amides is 2. The molecule has 0 saturated carbocycles. The van der Waals surface area contributed by atoms with E-state index < -0.39 is 6.04 Å². The predicted molar refractivity (Wildman–Crippen MR) is 111 cm³/mol. The second kappa shape index (κ2) is 8.00. The predicted octanol–water partition coefficient (Wildman–Crippen LogP) is 2.99. The lowest BCUT2D eigenvalue weighted by Gasteiger charge is -2.22. The van der Waals surface area contributed by atoms with Gasteiger partial charge in [0.25, 0.3) is 5.91 Å². The number of nitrogens with zero attached hydrogens (tertiary/aromatic N) is 2. The Kier molecular flexibility index (Phi) is 5.26. The van der Waals surface area contributed by atoms with Gasteiger partial charge in [0, 0.05) is 35.5 Å². The lowest BCUT2D eigenvalue weighted by atomic mass is 10.0. The summed E-state index contributed by atoms with van der Waals surface area (Å²) >= 11 is 1.46. The van der Waals surface area contributed by atoms with Crippen molar-refractivity contribution >= 4 is 29.3 Å². The molecule has 0 fully saturated rings. The first kappa shape index (κ1) is 19.1. The largest absolute Gasteiger partial charge is 0.496 e. The summed E-state index contributed by atoms with van der Waals surface area (Å²) in [5.74, 6) is 1.39. The molecular formula is C21H20N4O3S. The fourth-order valence-electron chi connectivity index (χ4n) is 3.28. The van der Waals surface area contributed by atoms with Crippen LogP contribution in [0.1, 0.15) is 27.8 Å². The van der Waals surface area contributed by atoms with Crippen LogP contribution in [0.4, 0.5) is 5.69 Å². The van der Waals surface area contributed by atoms with Crippen LogP contribution in [-0.4, -0.2) is 34.2 Å². The highest BCUT2D eigenvalue weighted by Gasteiger charge is 2.25. The van der Waals surface area contributed by atoms with Crippen molar-refractivity contribution in [3.05, 3.63) is 71.8 Å². The number of thioether (sulfide) groups is 1. The first-order valence-corrected chi connectivity index (χ1v) is 10.0. The van der Waals surface area contributed by atoms with Crippen LogP contribution in [0.25, 0.3) is 0 Å². The molecule has 148 valence electrons. The molecule has 1 aliphatic rings. The van der Waals surface area contributed by atoms with E-state index >= 15 is 0 Å². The summed E-state index contributed by atoms with van der Waals surface area (Å²) in [5.41, 5.74) is 1.92. The number of ether oxygens (including phenoxy) is 1. The van der Waals surface area contributed by atoms with E-state index in [0.29, 0.717) is 28.6 Å². The summed E-state index contributed by atoms with van der Waals surface area (Å²) in [4.78, 5) is 30.1. The fraction of sp³-hybridized carbons (Fsp3) is 0.190. The number of para-hydroxylation sites is 1. The number of aryl methyl sites for hydroxylation is 1. The molecule has 2 amide bonds. The minimum absolute atomic E-state index is 0.0695. The van der Waals surface area contributed by atoms with Crippen molar-refractivity contribution in [2.45, 2.75) is 10.9 Å². The summed E-state index contributed by atoms with van der Waals surface area (Å²) in [6, 6.07) is 12.3. The molecule has 2 heterocycles. The van der Waals surface area contributed by atoms with Crippen molar-refractivity contribution < 1.29 is 14.3 Å². The van der Waals surface area contributed by atoms with Crippen LogP contribution in [0.15, 0.2) is 59.8 Å². The average Bonchev–Trinajstić information content (AvgIpc) is 3.16. The van der Waals surface area contributed by atoms with Crippen LogP contribution >= 0.6 is 11.8 Å². The summed E-state index contributed by atoms with van der Waals surface area (Å²) in [6.45, 7) is 0. The molecule has 1 aliphatic heterocycles.